The van der Waals surface area contributed by atoms with Crippen molar-refractivity contribution in [2.24, 2.45) is 0 Å². The van der Waals surface area contributed by atoms with Gasteiger partial charge in [0.2, 0.25) is 5.91 Å². The quantitative estimate of drug-likeness (QED) is 0.589. The van der Waals surface area contributed by atoms with Crippen molar-refractivity contribution in [3.8, 4) is 5.75 Å². The van der Waals surface area contributed by atoms with Gasteiger partial charge in [-0.25, -0.2) is 4.79 Å². The summed E-state index contributed by atoms with van der Waals surface area (Å²) >= 11 is 5.82. The van der Waals surface area contributed by atoms with Crippen molar-refractivity contribution < 1.29 is 24.2 Å². The summed E-state index contributed by atoms with van der Waals surface area (Å²) in [6.45, 7) is 1.59. The van der Waals surface area contributed by atoms with E-state index in [0.29, 0.717) is 27.1 Å². The number of aliphatic carboxylic acids is 1. The monoisotopic (exact) mass is 414 g/mol. The Labute approximate surface area is 170 Å². The van der Waals surface area contributed by atoms with Crippen LogP contribution in [0, 0.1) is 6.92 Å². The molecule has 7 nitrogen and oxygen atoms in total. The van der Waals surface area contributed by atoms with Crippen molar-refractivity contribution in [3.05, 3.63) is 74.6 Å². The molecule has 2 N–H and O–H groups in total. The molecule has 1 atom stereocenters. The average Bonchev–Trinajstić information content (AvgIpc) is 2.66. The number of hydrogen-bond donors (Lipinski definition) is 2. The molecule has 0 bridgehead atoms. The number of aromatic hydroxyl groups is 1. The van der Waals surface area contributed by atoms with Crippen LogP contribution in [-0.4, -0.2) is 23.0 Å². The first-order chi connectivity index (χ1) is 13.7. The van der Waals surface area contributed by atoms with Crippen molar-refractivity contribution in [2.45, 2.75) is 25.8 Å². The van der Waals surface area contributed by atoms with Crippen LogP contribution in [-0.2, 0) is 22.4 Å². The lowest BCUT2D eigenvalue weighted by Crippen LogP contribution is -2.49. The number of carbonyl (C=O) groups is 2. The van der Waals surface area contributed by atoms with Gasteiger partial charge < -0.3 is 24.7 Å². The maximum atomic E-state index is 12.5. The fourth-order valence-corrected chi connectivity index (χ4v) is 3.16. The Kier molecular flexibility index (Phi) is 5.89. The third-order valence-electron chi connectivity index (χ3n) is 4.54. The Hall–Kier alpha value is -3.32. The Morgan fingerprint density at radius 2 is 1.90 bits per heavy atom. The molecule has 0 aliphatic carbocycles. The highest BCUT2D eigenvalue weighted by Gasteiger charge is 2.17. The highest BCUT2D eigenvalue weighted by molar-refractivity contribution is 6.30. The van der Waals surface area contributed by atoms with Crippen LogP contribution in [0.4, 0.5) is 0 Å². The Morgan fingerprint density at radius 3 is 2.55 bits per heavy atom. The number of rotatable bonds is 6. The van der Waals surface area contributed by atoms with E-state index in [1.54, 1.807) is 31.2 Å². The summed E-state index contributed by atoms with van der Waals surface area (Å²) in [7, 11) is 0. The van der Waals surface area contributed by atoms with Crippen LogP contribution >= 0.6 is 11.6 Å². The molecule has 0 unspecified atom stereocenters. The van der Waals surface area contributed by atoms with Crippen LogP contribution in [0.25, 0.3) is 11.0 Å². The van der Waals surface area contributed by atoms with Crippen molar-refractivity contribution in [1.82, 2.24) is 5.32 Å². The maximum Gasteiger partial charge on any atom is 0.336 e. The highest BCUT2D eigenvalue weighted by Crippen LogP contribution is 2.27. The number of phenols is 1. The smallest absolute Gasteiger partial charge is 0.336 e. The lowest BCUT2D eigenvalue weighted by molar-refractivity contribution is -0.308. The number of nitrogens with one attached hydrogen (secondary N) is 1. The molecular weight excluding hydrogens is 398 g/mol. The first-order valence-electron chi connectivity index (χ1n) is 8.74. The molecule has 0 aliphatic rings. The van der Waals surface area contributed by atoms with E-state index in [-0.39, 0.29) is 24.2 Å². The fraction of sp³-hybridized carbons (Fsp3) is 0.190. The summed E-state index contributed by atoms with van der Waals surface area (Å²) in [6.07, 6.45) is -0.216. The number of fused-ring (bicyclic) bond motifs is 1. The first kappa shape index (κ1) is 20.4. The molecule has 0 spiro atoms. The molecule has 1 amide bonds. The van der Waals surface area contributed by atoms with Crippen molar-refractivity contribution in [3.63, 3.8) is 0 Å². The number of carboxylic acids is 1. The maximum absolute atomic E-state index is 12.5. The Balaban J connectivity index is 1.82. The van der Waals surface area contributed by atoms with Gasteiger partial charge in [0, 0.05) is 22.0 Å². The van der Waals surface area contributed by atoms with Gasteiger partial charge in [-0.1, -0.05) is 23.7 Å². The number of phenolic OH excluding ortho intramolecular Hbond substituents is 1. The second kappa shape index (κ2) is 8.36. The van der Waals surface area contributed by atoms with Gasteiger partial charge >= 0.3 is 5.63 Å². The predicted molar refractivity (Wildman–Crippen MR) is 105 cm³/mol. The molecule has 0 saturated heterocycles. The first-order valence-corrected chi connectivity index (χ1v) is 9.12. The van der Waals surface area contributed by atoms with Crippen LogP contribution in [0.3, 0.4) is 0 Å². The molecule has 3 aromatic rings. The minimum absolute atomic E-state index is 0.0237. The fourth-order valence-electron chi connectivity index (χ4n) is 3.03. The van der Waals surface area contributed by atoms with E-state index in [9.17, 15) is 24.6 Å². The number of hydrogen-bond acceptors (Lipinski definition) is 6. The van der Waals surface area contributed by atoms with Crippen molar-refractivity contribution in [2.75, 3.05) is 0 Å². The number of carbonyl (C=O) groups excluding carboxylic acids is 2. The molecule has 0 fully saturated rings. The van der Waals surface area contributed by atoms with E-state index in [4.69, 9.17) is 16.0 Å². The zero-order chi connectivity index (χ0) is 21.1. The summed E-state index contributed by atoms with van der Waals surface area (Å²) in [5, 5.41) is 24.7. The summed E-state index contributed by atoms with van der Waals surface area (Å²) in [5.74, 6) is -2.06. The number of benzene rings is 2. The molecular formula is C21H17ClNO6-. The largest absolute Gasteiger partial charge is 0.548 e. The molecule has 29 heavy (non-hydrogen) atoms. The second-order valence-electron chi connectivity index (χ2n) is 6.62. The molecule has 1 heterocycles. The lowest BCUT2D eigenvalue weighted by atomic mass is 10.0. The van der Waals surface area contributed by atoms with E-state index < -0.39 is 23.5 Å². The van der Waals surface area contributed by atoms with Crippen LogP contribution in [0.5, 0.6) is 5.75 Å². The van der Waals surface area contributed by atoms with Gasteiger partial charge in [0.1, 0.15) is 11.3 Å². The zero-order valence-corrected chi connectivity index (χ0v) is 16.2. The van der Waals surface area contributed by atoms with E-state index in [1.165, 1.54) is 18.2 Å². The lowest BCUT2D eigenvalue weighted by Gasteiger charge is -2.20. The number of halogens is 1. The van der Waals surface area contributed by atoms with Gasteiger partial charge in [-0.05, 0) is 48.7 Å². The van der Waals surface area contributed by atoms with Crippen LogP contribution in [0.15, 0.2) is 51.7 Å². The Bertz CT molecular complexity index is 1140. The standard InChI is InChI=1S/C21H18ClNO6/c1-11-17(24)7-6-15-13(10-19(26)29-20(11)15)9-18(25)23-16(21(27)28)8-12-2-4-14(22)5-3-12/h2-7,10,16,24H,8-9H2,1H3,(H,23,25)(H,27,28)/p-1/t16-/m1/s1. The van der Waals surface area contributed by atoms with Crippen LogP contribution in [0.2, 0.25) is 5.02 Å². The summed E-state index contributed by atoms with van der Waals surface area (Å²) in [4.78, 5) is 35.8. The summed E-state index contributed by atoms with van der Waals surface area (Å²) < 4.78 is 5.14. The van der Waals surface area contributed by atoms with Crippen molar-refractivity contribution in [1.29, 1.82) is 0 Å². The van der Waals surface area contributed by atoms with Gasteiger partial charge in [0.05, 0.1) is 18.4 Å². The predicted octanol–water partition coefficient (Wildman–Crippen LogP) is 1.48. The summed E-state index contributed by atoms with van der Waals surface area (Å²) in [5.41, 5.74) is 0.906. The molecule has 8 heteroatoms. The van der Waals surface area contributed by atoms with E-state index in [0.717, 1.165) is 0 Å². The van der Waals surface area contributed by atoms with Crippen LogP contribution in [0.1, 0.15) is 16.7 Å². The molecule has 0 radical (unpaired) electrons. The minimum Gasteiger partial charge on any atom is -0.548 e. The molecule has 150 valence electrons. The average molecular weight is 415 g/mol. The normalized spacial score (nSPS) is 11.9. The third-order valence-corrected chi connectivity index (χ3v) is 4.79. The molecule has 1 aromatic heterocycles. The molecule has 0 aliphatic heterocycles. The van der Waals surface area contributed by atoms with E-state index in [2.05, 4.69) is 5.32 Å². The number of carboxylic acid groups (broad SMARTS) is 1. The minimum atomic E-state index is -1.42. The highest BCUT2D eigenvalue weighted by atomic mass is 35.5. The number of amides is 1. The number of aryl methyl sites for hydroxylation is 1. The van der Waals surface area contributed by atoms with Crippen LogP contribution < -0.4 is 16.0 Å². The van der Waals surface area contributed by atoms with E-state index >= 15 is 0 Å². The summed E-state index contributed by atoms with van der Waals surface area (Å²) in [6, 6.07) is 9.46. The molecule has 2 aromatic carbocycles. The Morgan fingerprint density at radius 1 is 1.21 bits per heavy atom. The molecule has 0 saturated carbocycles. The van der Waals surface area contributed by atoms with Gasteiger partial charge in [-0.3, -0.25) is 4.79 Å². The van der Waals surface area contributed by atoms with Gasteiger partial charge in [0.25, 0.3) is 0 Å². The van der Waals surface area contributed by atoms with E-state index in [1.807, 2.05) is 0 Å². The topological polar surface area (TPSA) is 120 Å². The SMILES string of the molecule is Cc1c(O)ccc2c(CC(=O)N[C@H](Cc3ccc(Cl)cc3)C(=O)[O-])cc(=O)oc12. The molecule has 3 rings (SSSR count). The van der Waals surface area contributed by atoms with Gasteiger partial charge in [-0.2, -0.15) is 0 Å². The third kappa shape index (κ3) is 4.75. The van der Waals surface area contributed by atoms with Gasteiger partial charge in [-0.15, -0.1) is 0 Å². The second-order valence-corrected chi connectivity index (χ2v) is 7.06. The van der Waals surface area contributed by atoms with Crippen molar-refractivity contribution >= 4 is 34.4 Å². The van der Waals surface area contributed by atoms with Gasteiger partial charge in [0.15, 0.2) is 0 Å². The zero-order valence-electron chi connectivity index (χ0n) is 15.4.